The number of carboxylic acid groups (broad SMARTS) is 1. The van der Waals surface area contributed by atoms with Gasteiger partial charge in [0.05, 0.1) is 0 Å². The molecular weight excluding hydrogens is 376 g/mol. The Hall–Kier alpha value is -0.800. The summed E-state index contributed by atoms with van der Waals surface area (Å²) in [6, 6.07) is 3.55. The molecule has 2 nitrogen and oxygen atoms in total. The molecule has 4 heteroatoms. The third kappa shape index (κ3) is 11.6. The van der Waals surface area contributed by atoms with E-state index in [0.29, 0.717) is 10.3 Å². The molecule has 0 bridgehead atoms. The van der Waals surface area contributed by atoms with Crippen LogP contribution in [-0.2, 0) is 6.42 Å². The standard InChI is InChI=1S/C15H27Cl.C8H10O2S/c1-2-3-4-5-6-7-8-9-10-14-11-12-15(16)13-14;1-2-3-6-4-5-7(11-6)8(9)10/h9-10,14-15H,2-8,11-13H2,1H3;4-5H,2-3H2,1H3,(H,9,10)/b10-9+;/t14-,15+;/m0./s1. The van der Waals surface area contributed by atoms with Crippen molar-refractivity contribution in [2.24, 2.45) is 5.92 Å². The van der Waals surface area contributed by atoms with Crippen LogP contribution in [-0.4, -0.2) is 16.5 Å². The molecule has 1 aliphatic carbocycles. The number of aromatic carboxylic acids is 1. The second-order valence-electron chi connectivity index (χ2n) is 7.48. The summed E-state index contributed by atoms with van der Waals surface area (Å²) in [5.41, 5.74) is 0. The highest BCUT2D eigenvalue weighted by Gasteiger charge is 2.19. The second kappa shape index (κ2) is 15.2. The van der Waals surface area contributed by atoms with E-state index >= 15 is 0 Å². The molecule has 27 heavy (non-hydrogen) atoms. The number of carboxylic acids is 1. The van der Waals surface area contributed by atoms with Gasteiger partial charge in [-0.05, 0) is 56.6 Å². The molecule has 0 saturated heterocycles. The van der Waals surface area contributed by atoms with Crippen molar-refractivity contribution in [1.29, 1.82) is 0 Å². The number of rotatable bonds is 11. The summed E-state index contributed by atoms with van der Waals surface area (Å²) >= 11 is 7.45. The fraction of sp³-hybridized carbons (Fsp3) is 0.696. The Balaban J connectivity index is 0.000000289. The molecule has 1 aromatic heterocycles. The third-order valence-corrected chi connectivity index (χ3v) is 6.44. The van der Waals surface area contributed by atoms with E-state index in [4.69, 9.17) is 16.7 Å². The summed E-state index contributed by atoms with van der Waals surface area (Å²) in [5, 5.41) is 9.02. The van der Waals surface area contributed by atoms with E-state index in [1.807, 2.05) is 6.07 Å². The summed E-state index contributed by atoms with van der Waals surface area (Å²) in [7, 11) is 0. The van der Waals surface area contributed by atoms with Gasteiger partial charge in [-0.15, -0.1) is 22.9 Å². The van der Waals surface area contributed by atoms with Gasteiger partial charge in [0.1, 0.15) is 4.88 Å². The van der Waals surface area contributed by atoms with Crippen LogP contribution in [0.25, 0.3) is 0 Å². The number of thiophene rings is 1. The number of halogens is 1. The number of unbranched alkanes of at least 4 members (excludes halogenated alkanes) is 6. The van der Waals surface area contributed by atoms with Gasteiger partial charge in [-0.1, -0.05) is 64.5 Å². The Morgan fingerprint density at radius 1 is 1.15 bits per heavy atom. The zero-order valence-corrected chi connectivity index (χ0v) is 18.7. The summed E-state index contributed by atoms with van der Waals surface area (Å²) in [4.78, 5) is 12.0. The molecule has 1 aromatic rings. The van der Waals surface area contributed by atoms with E-state index in [9.17, 15) is 4.79 Å². The Labute approximate surface area is 175 Å². The van der Waals surface area contributed by atoms with Crippen molar-refractivity contribution in [2.45, 2.75) is 96.3 Å². The quantitative estimate of drug-likeness (QED) is 0.226. The normalized spacial score (nSPS) is 19.2. The lowest BCUT2D eigenvalue weighted by Gasteiger charge is -2.01. The number of aryl methyl sites for hydroxylation is 1. The Morgan fingerprint density at radius 2 is 1.89 bits per heavy atom. The molecule has 0 unspecified atom stereocenters. The van der Waals surface area contributed by atoms with Crippen molar-refractivity contribution < 1.29 is 9.90 Å². The minimum Gasteiger partial charge on any atom is -0.477 e. The summed E-state index contributed by atoms with van der Waals surface area (Å²) in [6.45, 7) is 4.36. The van der Waals surface area contributed by atoms with Crippen LogP contribution in [0.5, 0.6) is 0 Å². The number of hydrogen-bond acceptors (Lipinski definition) is 2. The van der Waals surface area contributed by atoms with Crippen LogP contribution in [0.3, 0.4) is 0 Å². The molecule has 0 spiro atoms. The van der Waals surface area contributed by atoms with E-state index in [1.165, 1.54) is 75.5 Å². The molecule has 1 N–H and O–H groups in total. The SMILES string of the molecule is CCCCCCCC/C=C/[C@H]1CC[C@@H](Cl)C1.CCCc1ccc(C(=O)O)s1. The van der Waals surface area contributed by atoms with Crippen LogP contribution >= 0.6 is 22.9 Å². The fourth-order valence-corrected chi connectivity index (χ4v) is 4.64. The maximum Gasteiger partial charge on any atom is 0.345 e. The van der Waals surface area contributed by atoms with Crippen LogP contribution in [0.1, 0.15) is 99.0 Å². The largest absolute Gasteiger partial charge is 0.477 e. The average Bonchev–Trinajstić information content (AvgIpc) is 3.27. The first-order valence-electron chi connectivity index (χ1n) is 10.7. The smallest absolute Gasteiger partial charge is 0.345 e. The van der Waals surface area contributed by atoms with Crippen molar-refractivity contribution in [1.82, 2.24) is 0 Å². The lowest BCUT2D eigenvalue weighted by Crippen LogP contribution is -1.90. The highest BCUT2D eigenvalue weighted by molar-refractivity contribution is 7.13. The van der Waals surface area contributed by atoms with Crippen LogP contribution in [0.15, 0.2) is 24.3 Å². The van der Waals surface area contributed by atoms with Gasteiger partial charge in [0, 0.05) is 10.3 Å². The Bertz CT molecular complexity index is 538. The van der Waals surface area contributed by atoms with Gasteiger partial charge in [0.15, 0.2) is 0 Å². The molecule has 0 aromatic carbocycles. The molecule has 1 heterocycles. The number of alkyl halides is 1. The minimum absolute atomic E-state index is 0.438. The van der Waals surface area contributed by atoms with Gasteiger partial charge in [-0.2, -0.15) is 0 Å². The van der Waals surface area contributed by atoms with Crippen molar-refractivity contribution in [3.63, 3.8) is 0 Å². The average molecular weight is 413 g/mol. The minimum atomic E-state index is -0.822. The van der Waals surface area contributed by atoms with E-state index in [1.54, 1.807) is 6.07 Å². The van der Waals surface area contributed by atoms with E-state index in [-0.39, 0.29) is 0 Å². The van der Waals surface area contributed by atoms with Crippen LogP contribution in [0, 0.1) is 5.92 Å². The Morgan fingerprint density at radius 3 is 2.48 bits per heavy atom. The fourth-order valence-electron chi connectivity index (χ4n) is 3.34. The summed E-state index contributed by atoms with van der Waals surface area (Å²) in [5.74, 6) is -0.0417. The van der Waals surface area contributed by atoms with Crippen LogP contribution in [0.2, 0.25) is 0 Å². The highest BCUT2D eigenvalue weighted by atomic mass is 35.5. The molecule has 0 amide bonds. The second-order valence-corrected chi connectivity index (χ2v) is 9.26. The first-order valence-corrected chi connectivity index (χ1v) is 11.9. The Kier molecular flexibility index (Phi) is 13.6. The van der Waals surface area contributed by atoms with Gasteiger partial charge in [0.25, 0.3) is 0 Å². The number of hydrogen-bond donors (Lipinski definition) is 1. The predicted molar refractivity (Wildman–Crippen MR) is 119 cm³/mol. The predicted octanol–water partition coefficient (Wildman–Crippen LogP) is 8.10. The molecule has 0 aliphatic heterocycles. The summed E-state index contributed by atoms with van der Waals surface area (Å²) < 4.78 is 0. The molecule has 154 valence electrons. The van der Waals surface area contributed by atoms with Crippen molar-refractivity contribution in [3.05, 3.63) is 34.0 Å². The van der Waals surface area contributed by atoms with Gasteiger partial charge < -0.3 is 5.11 Å². The zero-order chi connectivity index (χ0) is 19.9. The number of carbonyl (C=O) groups is 1. The lowest BCUT2D eigenvalue weighted by atomic mass is 10.1. The van der Waals surface area contributed by atoms with E-state index < -0.39 is 5.97 Å². The molecule has 2 atom stereocenters. The first kappa shape index (κ1) is 24.2. The van der Waals surface area contributed by atoms with Crippen molar-refractivity contribution >= 4 is 28.9 Å². The molecular formula is C23H37ClO2S. The maximum atomic E-state index is 10.4. The van der Waals surface area contributed by atoms with Gasteiger partial charge in [-0.25, -0.2) is 4.79 Å². The maximum absolute atomic E-state index is 10.4. The zero-order valence-electron chi connectivity index (χ0n) is 17.1. The molecule has 0 radical (unpaired) electrons. The topological polar surface area (TPSA) is 37.3 Å². The summed E-state index contributed by atoms with van der Waals surface area (Å²) in [6.07, 6.45) is 20.2. The molecule has 1 aliphatic rings. The first-order chi connectivity index (χ1) is 13.1. The van der Waals surface area contributed by atoms with Crippen molar-refractivity contribution in [2.75, 3.05) is 0 Å². The van der Waals surface area contributed by atoms with E-state index in [0.717, 1.165) is 23.6 Å². The molecule has 2 rings (SSSR count). The third-order valence-electron chi connectivity index (χ3n) is 4.91. The van der Waals surface area contributed by atoms with Crippen LogP contribution < -0.4 is 0 Å². The van der Waals surface area contributed by atoms with Gasteiger partial charge in [0.2, 0.25) is 0 Å². The van der Waals surface area contributed by atoms with Gasteiger partial charge in [-0.3, -0.25) is 0 Å². The van der Waals surface area contributed by atoms with Crippen molar-refractivity contribution in [3.8, 4) is 0 Å². The van der Waals surface area contributed by atoms with Gasteiger partial charge >= 0.3 is 5.97 Å². The van der Waals surface area contributed by atoms with E-state index in [2.05, 4.69) is 26.0 Å². The highest BCUT2D eigenvalue weighted by Crippen LogP contribution is 2.30. The lowest BCUT2D eigenvalue weighted by molar-refractivity contribution is 0.0702. The molecule has 1 fully saturated rings. The van der Waals surface area contributed by atoms with Crippen LogP contribution in [0.4, 0.5) is 0 Å². The number of allylic oxidation sites excluding steroid dienone is 2. The molecule has 1 saturated carbocycles. The monoisotopic (exact) mass is 412 g/mol.